The first kappa shape index (κ1) is 16.6. The second kappa shape index (κ2) is 7.00. The zero-order valence-corrected chi connectivity index (χ0v) is 14.1. The summed E-state index contributed by atoms with van der Waals surface area (Å²) >= 11 is 3.36. The van der Waals surface area contributed by atoms with Gasteiger partial charge >= 0.3 is 12.0 Å². The summed E-state index contributed by atoms with van der Waals surface area (Å²) in [5.74, 6) is -0.572. The number of ether oxygens (including phenoxy) is 1. The molecule has 7 heteroatoms. The van der Waals surface area contributed by atoms with Crippen LogP contribution < -0.4 is 10.1 Å². The van der Waals surface area contributed by atoms with Crippen LogP contribution in [-0.4, -0.2) is 42.2 Å². The van der Waals surface area contributed by atoms with Crippen LogP contribution >= 0.6 is 15.9 Å². The Kier molecular flexibility index (Phi) is 5.28. The highest BCUT2D eigenvalue weighted by Crippen LogP contribution is 2.26. The number of anilines is 1. The van der Waals surface area contributed by atoms with Crippen molar-refractivity contribution in [2.75, 3.05) is 25.5 Å². The number of nitrogens with zero attached hydrogens (tertiary/aromatic N) is 1. The van der Waals surface area contributed by atoms with Gasteiger partial charge in [-0.2, -0.15) is 0 Å². The number of nitrogens with one attached hydrogen (secondary N) is 1. The maximum Gasteiger partial charge on any atom is 0.321 e. The number of halogens is 1. The van der Waals surface area contributed by atoms with Crippen molar-refractivity contribution >= 4 is 33.6 Å². The number of benzene rings is 1. The lowest BCUT2D eigenvalue weighted by Crippen LogP contribution is -2.47. The second-order valence-electron chi connectivity index (χ2n) is 5.59. The third-order valence-electron chi connectivity index (χ3n) is 3.65. The highest BCUT2D eigenvalue weighted by atomic mass is 79.9. The number of amides is 2. The van der Waals surface area contributed by atoms with E-state index in [1.807, 2.05) is 6.92 Å². The van der Waals surface area contributed by atoms with Crippen LogP contribution in [0.5, 0.6) is 5.75 Å². The van der Waals surface area contributed by atoms with E-state index >= 15 is 0 Å². The molecule has 1 heterocycles. The van der Waals surface area contributed by atoms with Gasteiger partial charge in [-0.25, -0.2) is 4.79 Å². The van der Waals surface area contributed by atoms with Gasteiger partial charge in [-0.1, -0.05) is 22.9 Å². The Hall–Kier alpha value is -1.76. The molecule has 1 aromatic rings. The molecule has 2 N–H and O–H groups in total. The van der Waals surface area contributed by atoms with Gasteiger partial charge in [0.25, 0.3) is 0 Å². The fraction of sp³-hybridized carbons (Fsp3) is 0.467. The molecule has 2 atom stereocenters. The predicted molar refractivity (Wildman–Crippen MR) is 86.2 cm³/mol. The van der Waals surface area contributed by atoms with Crippen LogP contribution in [-0.2, 0) is 4.79 Å². The molecule has 6 nitrogen and oxygen atoms in total. The van der Waals surface area contributed by atoms with E-state index in [4.69, 9.17) is 9.84 Å². The number of methoxy groups -OCH3 is 1. The maximum atomic E-state index is 12.4. The number of aliphatic carboxylic acids is 1. The van der Waals surface area contributed by atoms with Crippen molar-refractivity contribution in [3.05, 3.63) is 22.7 Å². The molecule has 1 fully saturated rings. The zero-order valence-electron chi connectivity index (χ0n) is 12.5. The summed E-state index contributed by atoms with van der Waals surface area (Å²) in [6.45, 7) is 2.74. The largest absolute Gasteiger partial charge is 0.497 e. The molecule has 0 bridgehead atoms. The minimum atomic E-state index is -0.853. The van der Waals surface area contributed by atoms with Crippen LogP contribution in [0.4, 0.5) is 10.5 Å². The summed E-state index contributed by atoms with van der Waals surface area (Å²) in [4.78, 5) is 25.1. The Bertz CT molecular complexity index is 579. The minimum absolute atomic E-state index is 0.164. The van der Waals surface area contributed by atoms with Crippen LogP contribution in [0.2, 0.25) is 0 Å². The molecule has 0 spiro atoms. The summed E-state index contributed by atoms with van der Waals surface area (Å²) in [5.41, 5.74) is 0.598. The van der Waals surface area contributed by atoms with Crippen molar-refractivity contribution in [3.63, 3.8) is 0 Å². The van der Waals surface area contributed by atoms with Crippen LogP contribution in [0.25, 0.3) is 0 Å². The maximum absolute atomic E-state index is 12.4. The molecule has 22 heavy (non-hydrogen) atoms. The van der Waals surface area contributed by atoms with Gasteiger partial charge in [0.05, 0.1) is 13.0 Å². The molecule has 1 saturated heterocycles. The summed E-state index contributed by atoms with van der Waals surface area (Å²) in [6.07, 6.45) is 0.601. The Balaban J connectivity index is 2.08. The van der Waals surface area contributed by atoms with E-state index in [2.05, 4.69) is 21.2 Å². The lowest BCUT2D eigenvalue weighted by atomic mass is 9.91. The van der Waals surface area contributed by atoms with Crippen molar-refractivity contribution in [2.24, 2.45) is 11.8 Å². The van der Waals surface area contributed by atoms with Gasteiger partial charge in [-0.05, 0) is 24.5 Å². The number of piperidine rings is 1. The SMILES string of the molecule is COc1cc(Br)cc(NC(=O)N2CC(C)CC(C(=O)O)C2)c1. The molecule has 1 aliphatic rings. The molecule has 0 radical (unpaired) electrons. The number of carboxylic acid groups (broad SMARTS) is 1. The molecule has 2 unspecified atom stereocenters. The number of rotatable bonds is 3. The Morgan fingerprint density at radius 2 is 2.09 bits per heavy atom. The van der Waals surface area contributed by atoms with Crippen molar-refractivity contribution in [1.82, 2.24) is 4.90 Å². The van der Waals surface area contributed by atoms with Gasteiger partial charge in [0.1, 0.15) is 5.75 Å². The average Bonchev–Trinajstić information content (AvgIpc) is 2.45. The van der Waals surface area contributed by atoms with Crippen molar-refractivity contribution in [3.8, 4) is 5.75 Å². The van der Waals surface area contributed by atoms with Gasteiger partial charge in [-0.15, -0.1) is 0 Å². The minimum Gasteiger partial charge on any atom is -0.497 e. The molecular formula is C15H19BrN2O4. The standard InChI is InChI=1S/C15H19BrN2O4/c1-9-3-10(14(19)20)8-18(7-9)15(21)17-12-4-11(16)5-13(6-12)22-2/h4-6,9-10H,3,7-8H2,1-2H3,(H,17,21)(H,19,20). The first-order chi connectivity index (χ1) is 10.4. The summed E-state index contributed by atoms with van der Waals surface area (Å²) in [5, 5.41) is 12.0. The first-order valence-corrected chi connectivity index (χ1v) is 7.81. The van der Waals surface area contributed by atoms with Crippen LogP contribution in [0.15, 0.2) is 22.7 Å². The van der Waals surface area contributed by atoms with Crippen molar-refractivity contribution in [1.29, 1.82) is 0 Å². The van der Waals surface area contributed by atoms with Gasteiger partial charge < -0.3 is 20.1 Å². The average molecular weight is 371 g/mol. The predicted octanol–water partition coefficient (Wildman–Crippen LogP) is 3.03. The van der Waals surface area contributed by atoms with E-state index in [0.717, 1.165) is 4.47 Å². The summed E-state index contributed by atoms with van der Waals surface area (Å²) in [6, 6.07) is 4.98. The van der Waals surface area contributed by atoms with Crippen molar-refractivity contribution < 1.29 is 19.4 Å². The van der Waals surface area contributed by atoms with Crippen LogP contribution in [0, 0.1) is 11.8 Å². The number of likely N-dealkylation sites (tertiary alicyclic amines) is 1. The molecule has 0 saturated carbocycles. The van der Waals surface area contributed by atoms with E-state index in [1.165, 1.54) is 0 Å². The Labute approximate surface area is 137 Å². The molecule has 0 aliphatic carbocycles. The van der Waals surface area contributed by atoms with E-state index in [1.54, 1.807) is 30.2 Å². The number of carboxylic acids is 1. The number of carbonyl (C=O) groups is 2. The number of urea groups is 1. The molecule has 0 aromatic heterocycles. The highest BCUT2D eigenvalue weighted by Gasteiger charge is 2.31. The first-order valence-electron chi connectivity index (χ1n) is 7.02. The van der Waals surface area contributed by atoms with Crippen molar-refractivity contribution in [2.45, 2.75) is 13.3 Å². The van der Waals surface area contributed by atoms with E-state index in [0.29, 0.717) is 24.4 Å². The van der Waals surface area contributed by atoms with E-state index in [-0.39, 0.29) is 18.5 Å². The molecule has 1 aliphatic heterocycles. The van der Waals surface area contributed by atoms with E-state index < -0.39 is 11.9 Å². The Morgan fingerprint density at radius 3 is 2.73 bits per heavy atom. The molecule has 2 amide bonds. The van der Waals surface area contributed by atoms with Crippen LogP contribution in [0.1, 0.15) is 13.3 Å². The monoisotopic (exact) mass is 370 g/mol. The van der Waals surface area contributed by atoms with E-state index in [9.17, 15) is 9.59 Å². The van der Waals surface area contributed by atoms with Gasteiger partial charge in [0.15, 0.2) is 0 Å². The van der Waals surface area contributed by atoms with Gasteiger partial charge in [0.2, 0.25) is 0 Å². The lowest BCUT2D eigenvalue weighted by Gasteiger charge is -2.34. The number of hydrogen-bond donors (Lipinski definition) is 2. The summed E-state index contributed by atoms with van der Waals surface area (Å²) in [7, 11) is 1.55. The van der Waals surface area contributed by atoms with Gasteiger partial charge in [0, 0.05) is 29.3 Å². The topological polar surface area (TPSA) is 78.9 Å². The molecular weight excluding hydrogens is 352 g/mol. The number of carbonyl (C=O) groups excluding carboxylic acids is 1. The lowest BCUT2D eigenvalue weighted by molar-refractivity contribution is -0.143. The fourth-order valence-corrected chi connectivity index (χ4v) is 3.12. The normalized spacial score (nSPS) is 21.3. The fourth-order valence-electron chi connectivity index (χ4n) is 2.65. The van der Waals surface area contributed by atoms with Crippen LogP contribution in [0.3, 0.4) is 0 Å². The molecule has 120 valence electrons. The zero-order chi connectivity index (χ0) is 16.3. The van der Waals surface area contributed by atoms with Gasteiger partial charge in [-0.3, -0.25) is 4.79 Å². The third-order valence-corrected chi connectivity index (χ3v) is 4.11. The highest BCUT2D eigenvalue weighted by molar-refractivity contribution is 9.10. The number of hydrogen-bond acceptors (Lipinski definition) is 3. The quantitative estimate of drug-likeness (QED) is 0.856. The smallest absolute Gasteiger partial charge is 0.321 e. The molecule has 1 aromatic carbocycles. The third kappa shape index (κ3) is 4.13. The molecule has 2 rings (SSSR count). The second-order valence-corrected chi connectivity index (χ2v) is 6.51. The summed E-state index contributed by atoms with van der Waals surface area (Å²) < 4.78 is 5.95. The Morgan fingerprint density at radius 1 is 1.36 bits per heavy atom.